The van der Waals surface area contributed by atoms with E-state index in [-0.39, 0.29) is 5.25 Å². The van der Waals surface area contributed by atoms with Crippen LogP contribution in [0.2, 0.25) is 0 Å². The lowest BCUT2D eigenvalue weighted by Gasteiger charge is -2.46. The van der Waals surface area contributed by atoms with Gasteiger partial charge in [0.25, 0.3) is 0 Å². The van der Waals surface area contributed by atoms with Gasteiger partial charge in [-0.2, -0.15) is 0 Å². The third-order valence-corrected chi connectivity index (χ3v) is 5.83. The molecule has 0 unspecified atom stereocenters. The molecule has 0 atom stereocenters. The van der Waals surface area contributed by atoms with E-state index < -0.39 is 9.05 Å². The predicted molar refractivity (Wildman–Crippen MR) is 53.3 cm³/mol. The number of hydrogen-bond acceptors (Lipinski definition) is 2. The number of rotatable bonds is 1. The zero-order valence-corrected chi connectivity index (χ0v) is 9.20. The molecular weight excluding hydrogens is 208 g/mol. The van der Waals surface area contributed by atoms with Gasteiger partial charge in [0.2, 0.25) is 9.05 Å². The molecule has 2 aliphatic rings. The van der Waals surface area contributed by atoms with Gasteiger partial charge >= 0.3 is 0 Å². The SMILES string of the molecule is O=S(=O)(Cl)C1CCC2(CCC2)CC1. The first-order valence-corrected chi connectivity index (χ1v) is 7.33. The summed E-state index contributed by atoms with van der Waals surface area (Å²) in [5, 5.41) is -0.264. The molecule has 0 bridgehead atoms. The van der Waals surface area contributed by atoms with Crippen molar-refractivity contribution in [2.45, 2.75) is 50.2 Å². The van der Waals surface area contributed by atoms with E-state index in [2.05, 4.69) is 0 Å². The molecule has 0 aliphatic heterocycles. The van der Waals surface area contributed by atoms with Crippen LogP contribution in [0.25, 0.3) is 0 Å². The van der Waals surface area contributed by atoms with Gasteiger partial charge in [-0.3, -0.25) is 0 Å². The molecule has 2 nitrogen and oxygen atoms in total. The third kappa shape index (κ3) is 1.86. The minimum atomic E-state index is -3.29. The van der Waals surface area contributed by atoms with Crippen LogP contribution in [0.5, 0.6) is 0 Å². The summed E-state index contributed by atoms with van der Waals surface area (Å²) < 4.78 is 22.1. The van der Waals surface area contributed by atoms with Crippen LogP contribution in [0.4, 0.5) is 0 Å². The van der Waals surface area contributed by atoms with Crippen molar-refractivity contribution in [3.05, 3.63) is 0 Å². The van der Waals surface area contributed by atoms with Crippen molar-refractivity contribution < 1.29 is 8.42 Å². The van der Waals surface area contributed by atoms with E-state index >= 15 is 0 Å². The maximum Gasteiger partial charge on any atom is 0.235 e. The van der Waals surface area contributed by atoms with E-state index in [1.165, 1.54) is 19.3 Å². The molecular formula is C9H15ClO2S. The van der Waals surface area contributed by atoms with Crippen LogP contribution in [0, 0.1) is 5.41 Å². The fourth-order valence-corrected chi connectivity index (χ4v) is 4.00. The van der Waals surface area contributed by atoms with Gasteiger partial charge in [-0.1, -0.05) is 6.42 Å². The summed E-state index contributed by atoms with van der Waals surface area (Å²) in [7, 11) is 2.05. The molecule has 76 valence electrons. The van der Waals surface area contributed by atoms with Crippen LogP contribution in [-0.2, 0) is 9.05 Å². The van der Waals surface area contributed by atoms with Gasteiger partial charge in [-0.05, 0) is 43.9 Å². The highest BCUT2D eigenvalue weighted by atomic mass is 35.7. The molecule has 0 radical (unpaired) electrons. The first-order valence-electron chi connectivity index (χ1n) is 4.95. The molecule has 2 aliphatic carbocycles. The monoisotopic (exact) mass is 222 g/mol. The van der Waals surface area contributed by atoms with Crippen molar-refractivity contribution in [2.24, 2.45) is 5.41 Å². The average Bonchev–Trinajstić information content (AvgIpc) is 2.00. The van der Waals surface area contributed by atoms with E-state index in [0.717, 1.165) is 25.7 Å². The Morgan fingerprint density at radius 3 is 1.92 bits per heavy atom. The van der Waals surface area contributed by atoms with Crippen molar-refractivity contribution in [1.82, 2.24) is 0 Å². The lowest BCUT2D eigenvalue weighted by atomic mass is 9.61. The lowest BCUT2D eigenvalue weighted by molar-refractivity contribution is 0.0789. The Labute approximate surface area is 84.1 Å². The molecule has 0 aromatic heterocycles. The predicted octanol–water partition coefficient (Wildman–Crippen LogP) is 2.67. The Hall–Kier alpha value is 0.240. The Kier molecular flexibility index (Phi) is 2.35. The minimum absolute atomic E-state index is 0.264. The molecule has 2 rings (SSSR count). The molecule has 0 heterocycles. The van der Waals surface area contributed by atoms with Crippen molar-refractivity contribution >= 4 is 19.7 Å². The van der Waals surface area contributed by atoms with E-state index in [1.54, 1.807) is 0 Å². The smallest absolute Gasteiger partial charge is 0.212 e. The lowest BCUT2D eigenvalue weighted by Crippen LogP contribution is -2.36. The second-order valence-electron chi connectivity index (χ2n) is 4.53. The van der Waals surface area contributed by atoms with Crippen molar-refractivity contribution in [1.29, 1.82) is 0 Å². The highest BCUT2D eigenvalue weighted by molar-refractivity contribution is 8.14. The number of halogens is 1. The first kappa shape index (κ1) is 9.78. The summed E-state index contributed by atoms with van der Waals surface area (Å²) in [4.78, 5) is 0. The van der Waals surface area contributed by atoms with Gasteiger partial charge < -0.3 is 0 Å². The zero-order chi connectivity index (χ0) is 9.53. The quantitative estimate of drug-likeness (QED) is 0.640. The Balaban J connectivity index is 1.96. The molecule has 2 saturated carbocycles. The molecule has 0 saturated heterocycles. The highest BCUT2D eigenvalue weighted by Gasteiger charge is 2.42. The van der Waals surface area contributed by atoms with E-state index in [9.17, 15) is 8.42 Å². The van der Waals surface area contributed by atoms with Gasteiger partial charge in [-0.25, -0.2) is 8.42 Å². The Morgan fingerprint density at radius 2 is 1.62 bits per heavy atom. The second kappa shape index (κ2) is 3.13. The van der Waals surface area contributed by atoms with Crippen molar-refractivity contribution in [3.63, 3.8) is 0 Å². The second-order valence-corrected chi connectivity index (χ2v) is 7.44. The third-order valence-electron chi connectivity index (χ3n) is 3.81. The van der Waals surface area contributed by atoms with E-state index in [4.69, 9.17) is 10.7 Å². The summed E-state index contributed by atoms with van der Waals surface area (Å²) in [5.74, 6) is 0. The highest BCUT2D eigenvalue weighted by Crippen LogP contribution is 2.52. The van der Waals surface area contributed by atoms with Gasteiger partial charge in [0.05, 0.1) is 5.25 Å². The normalized spacial score (nSPS) is 28.7. The number of hydrogen-bond donors (Lipinski definition) is 0. The fraction of sp³-hybridized carbons (Fsp3) is 1.00. The summed E-state index contributed by atoms with van der Waals surface area (Å²) >= 11 is 0. The largest absolute Gasteiger partial charge is 0.235 e. The molecule has 4 heteroatoms. The van der Waals surface area contributed by atoms with Gasteiger partial charge in [0.1, 0.15) is 0 Å². The minimum Gasteiger partial charge on any atom is -0.212 e. The van der Waals surface area contributed by atoms with Crippen LogP contribution >= 0.6 is 10.7 Å². The molecule has 13 heavy (non-hydrogen) atoms. The fourth-order valence-electron chi connectivity index (χ4n) is 2.66. The maximum absolute atomic E-state index is 11.1. The van der Waals surface area contributed by atoms with Crippen LogP contribution in [0.1, 0.15) is 44.9 Å². The summed E-state index contributed by atoms with van der Waals surface area (Å²) in [5.41, 5.74) is 0.526. The van der Waals surface area contributed by atoms with Crippen molar-refractivity contribution in [3.8, 4) is 0 Å². The summed E-state index contributed by atoms with van der Waals surface area (Å²) in [6.45, 7) is 0. The zero-order valence-electron chi connectivity index (χ0n) is 7.63. The molecule has 2 fully saturated rings. The molecule has 0 N–H and O–H groups in total. The standard InChI is InChI=1S/C9H15ClO2S/c10-13(11,12)8-2-6-9(7-3-8)4-1-5-9/h8H,1-7H2. The van der Waals surface area contributed by atoms with Crippen LogP contribution in [0.15, 0.2) is 0 Å². The van der Waals surface area contributed by atoms with Gasteiger partial charge in [0, 0.05) is 10.7 Å². The average molecular weight is 223 g/mol. The molecule has 0 aromatic carbocycles. The topological polar surface area (TPSA) is 34.1 Å². The molecule has 1 spiro atoms. The Morgan fingerprint density at radius 1 is 1.08 bits per heavy atom. The first-order chi connectivity index (χ1) is 6.02. The summed E-state index contributed by atoms with van der Waals surface area (Å²) in [6.07, 6.45) is 7.66. The summed E-state index contributed by atoms with van der Waals surface area (Å²) in [6, 6.07) is 0. The van der Waals surface area contributed by atoms with Crippen LogP contribution < -0.4 is 0 Å². The van der Waals surface area contributed by atoms with E-state index in [0.29, 0.717) is 5.41 Å². The van der Waals surface area contributed by atoms with Crippen LogP contribution in [0.3, 0.4) is 0 Å². The van der Waals surface area contributed by atoms with Crippen molar-refractivity contribution in [2.75, 3.05) is 0 Å². The van der Waals surface area contributed by atoms with Gasteiger partial charge in [0.15, 0.2) is 0 Å². The molecule has 0 amide bonds. The van der Waals surface area contributed by atoms with E-state index in [1.807, 2.05) is 0 Å². The Bertz CT molecular complexity index is 283. The van der Waals surface area contributed by atoms with Gasteiger partial charge in [-0.15, -0.1) is 0 Å². The van der Waals surface area contributed by atoms with Crippen LogP contribution in [-0.4, -0.2) is 13.7 Å². The maximum atomic E-state index is 11.1. The molecule has 0 aromatic rings.